The maximum atomic E-state index is 13.0. The molecule has 9 heteroatoms. The van der Waals surface area contributed by atoms with Crippen LogP contribution in [0.4, 0.5) is 0 Å². The van der Waals surface area contributed by atoms with Crippen molar-refractivity contribution < 1.29 is 9.53 Å². The number of aryl methyl sites for hydroxylation is 1. The van der Waals surface area contributed by atoms with Crippen molar-refractivity contribution >= 4 is 34.1 Å². The molecule has 160 valence electrons. The molecule has 0 aliphatic rings. The van der Waals surface area contributed by atoms with E-state index in [1.165, 1.54) is 16.3 Å². The Hall–Kier alpha value is -3.85. The number of H-pyrrole nitrogens is 1. The van der Waals surface area contributed by atoms with Crippen molar-refractivity contribution in [3.05, 3.63) is 82.5 Å². The van der Waals surface area contributed by atoms with E-state index in [0.29, 0.717) is 22.2 Å². The first-order valence-corrected chi connectivity index (χ1v) is 10.9. The molecule has 0 aliphatic heterocycles. The van der Waals surface area contributed by atoms with E-state index in [4.69, 9.17) is 4.74 Å². The normalized spacial score (nSPS) is 11.3. The molecule has 0 spiro atoms. The number of para-hydroxylation sites is 3. The largest absolute Gasteiger partial charge is 0.495 e. The fourth-order valence-electron chi connectivity index (χ4n) is 3.82. The van der Waals surface area contributed by atoms with Crippen LogP contribution < -0.4 is 10.3 Å². The molecule has 0 atom stereocenters. The molecule has 2 aromatic carbocycles. The van der Waals surface area contributed by atoms with Crippen molar-refractivity contribution in [3.63, 3.8) is 0 Å². The number of fused-ring (bicyclic) bond motifs is 2. The van der Waals surface area contributed by atoms with Gasteiger partial charge in [-0.1, -0.05) is 42.1 Å². The smallest absolute Gasteiger partial charge is 0.300 e. The van der Waals surface area contributed by atoms with Gasteiger partial charge in [-0.2, -0.15) is 0 Å². The van der Waals surface area contributed by atoms with E-state index in [9.17, 15) is 9.59 Å². The van der Waals surface area contributed by atoms with Crippen LogP contribution in [0, 0.1) is 6.92 Å². The molecule has 0 amide bonds. The summed E-state index contributed by atoms with van der Waals surface area (Å²) in [6.45, 7) is 1.89. The molecule has 5 aromatic rings. The number of carbonyl (C=O) groups is 1. The second-order valence-corrected chi connectivity index (χ2v) is 8.15. The number of hydrogen-bond donors (Lipinski definition) is 1. The molecule has 0 unspecified atom stereocenters. The highest BCUT2D eigenvalue weighted by Gasteiger charge is 2.19. The molecule has 1 N–H and O–H groups in total. The third-order valence-corrected chi connectivity index (χ3v) is 6.23. The van der Waals surface area contributed by atoms with Gasteiger partial charge in [0.25, 0.3) is 0 Å². The molecular formula is C23H19N5O3S. The highest BCUT2D eigenvalue weighted by atomic mass is 32.2. The van der Waals surface area contributed by atoms with E-state index in [-0.39, 0.29) is 22.7 Å². The lowest BCUT2D eigenvalue weighted by atomic mass is 10.1. The van der Waals surface area contributed by atoms with Crippen LogP contribution in [-0.2, 0) is 0 Å². The summed E-state index contributed by atoms with van der Waals surface area (Å²) in [6.07, 6.45) is 3.36. The second kappa shape index (κ2) is 8.01. The molecule has 0 fully saturated rings. The van der Waals surface area contributed by atoms with E-state index >= 15 is 0 Å². The van der Waals surface area contributed by atoms with Crippen molar-refractivity contribution in [2.24, 2.45) is 0 Å². The highest BCUT2D eigenvalue weighted by molar-refractivity contribution is 7.99. The SMILES string of the molecule is COc1ccccc1-n1ccn2c(SCC(=O)c3c(C)[nH]c4ccccc34)nnc2c1=O. The standard InChI is InChI=1S/C23H19N5O3S/c1-14-20(15-7-3-4-8-16(15)24-14)18(29)13-32-23-26-25-21-22(30)27(11-12-28(21)23)17-9-5-6-10-19(17)31-2/h3-12,24H,13H2,1-2H3. The number of nitrogens with zero attached hydrogens (tertiary/aromatic N) is 4. The average molecular weight is 446 g/mol. The van der Waals surface area contributed by atoms with Crippen LogP contribution in [0.2, 0.25) is 0 Å². The van der Waals surface area contributed by atoms with Crippen molar-refractivity contribution in [1.29, 1.82) is 0 Å². The number of thioether (sulfide) groups is 1. The van der Waals surface area contributed by atoms with Gasteiger partial charge >= 0.3 is 5.56 Å². The van der Waals surface area contributed by atoms with Crippen molar-refractivity contribution in [2.75, 3.05) is 12.9 Å². The Balaban J connectivity index is 1.45. The Bertz CT molecular complexity index is 1530. The molecule has 3 aromatic heterocycles. The van der Waals surface area contributed by atoms with Crippen LogP contribution in [0.5, 0.6) is 5.75 Å². The van der Waals surface area contributed by atoms with Gasteiger partial charge in [0.15, 0.2) is 10.9 Å². The van der Waals surface area contributed by atoms with Gasteiger partial charge in [-0.3, -0.25) is 18.6 Å². The van der Waals surface area contributed by atoms with Gasteiger partial charge in [0.2, 0.25) is 5.65 Å². The minimum atomic E-state index is -0.324. The monoisotopic (exact) mass is 445 g/mol. The number of aromatic amines is 1. The van der Waals surface area contributed by atoms with Gasteiger partial charge in [0, 0.05) is 34.6 Å². The number of aromatic nitrogens is 5. The van der Waals surface area contributed by atoms with Crippen LogP contribution in [0.1, 0.15) is 16.1 Å². The van der Waals surface area contributed by atoms with E-state index in [1.54, 1.807) is 36.0 Å². The number of ketones is 1. The summed E-state index contributed by atoms with van der Waals surface area (Å²) in [5.41, 5.74) is 2.92. The van der Waals surface area contributed by atoms with Crippen LogP contribution in [-0.4, -0.2) is 42.8 Å². The molecule has 0 saturated heterocycles. The van der Waals surface area contributed by atoms with E-state index in [1.807, 2.05) is 43.3 Å². The Kier molecular flexibility index (Phi) is 5.02. The predicted molar refractivity (Wildman–Crippen MR) is 123 cm³/mol. The number of hydrogen-bond acceptors (Lipinski definition) is 6. The Labute approximate surface area is 186 Å². The van der Waals surface area contributed by atoms with Gasteiger partial charge in [0.05, 0.1) is 18.6 Å². The molecule has 5 rings (SSSR count). The summed E-state index contributed by atoms with van der Waals surface area (Å²) in [5.74, 6) is 0.746. The van der Waals surface area contributed by atoms with Crippen LogP contribution >= 0.6 is 11.8 Å². The van der Waals surface area contributed by atoms with Crippen LogP contribution in [0.3, 0.4) is 0 Å². The fourth-order valence-corrected chi connectivity index (χ4v) is 4.61. The zero-order chi connectivity index (χ0) is 22.2. The number of nitrogens with one attached hydrogen (secondary N) is 1. The lowest BCUT2D eigenvalue weighted by molar-refractivity contribution is 0.102. The van der Waals surface area contributed by atoms with E-state index in [2.05, 4.69) is 15.2 Å². The molecule has 3 heterocycles. The Morgan fingerprint density at radius 2 is 1.88 bits per heavy atom. The molecule has 0 bridgehead atoms. The highest BCUT2D eigenvalue weighted by Crippen LogP contribution is 2.25. The molecule has 0 aliphatic carbocycles. The fraction of sp³-hybridized carbons (Fsp3) is 0.130. The van der Waals surface area contributed by atoms with Crippen LogP contribution in [0.15, 0.2) is 70.9 Å². The maximum absolute atomic E-state index is 13.0. The summed E-state index contributed by atoms with van der Waals surface area (Å²) < 4.78 is 8.44. The third-order valence-electron chi connectivity index (χ3n) is 5.29. The molecule has 0 radical (unpaired) electrons. The average Bonchev–Trinajstić information content (AvgIpc) is 3.38. The van der Waals surface area contributed by atoms with Gasteiger partial charge in [-0.25, -0.2) is 0 Å². The first-order valence-electron chi connectivity index (χ1n) is 9.91. The first-order chi connectivity index (χ1) is 15.6. The zero-order valence-corrected chi connectivity index (χ0v) is 18.2. The molecular weight excluding hydrogens is 426 g/mol. The Morgan fingerprint density at radius 3 is 2.72 bits per heavy atom. The summed E-state index contributed by atoms with van der Waals surface area (Å²) >= 11 is 1.25. The first kappa shape index (κ1) is 20.1. The number of carbonyl (C=O) groups excluding carboxylic acids is 1. The number of methoxy groups -OCH3 is 1. The third kappa shape index (κ3) is 3.27. The summed E-state index contributed by atoms with van der Waals surface area (Å²) in [4.78, 5) is 29.3. The molecule has 8 nitrogen and oxygen atoms in total. The van der Waals surface area contributed by atoms with Gasteiger partial charge in [-0.15, -0.1) is 10.2 Å². The van der Waals surface area contributed by atoms with Crippen molar-refractivity contribution in [2.45, 2.75) is 12.1 Å². The minimum Gasteiger partial charge on any atom is -0.495 e. The lowest BCUT2D eigenvalue weighted by Gasteiger charge is -2.10. The summed E-state index contributed by atoms with van der Waals surface area (Å²) in [7, 11) is 1.56. The zero-order valence-electron chi connectivity index (χ0n) is 17.4. The second-order valence-electron chi connectivity index (χ2n) is 7.20. The summed E-state index contributed by atoms with van der Waals surface area (Å²) in [6, 6.07) is 15.0. The maximum Gasteiger partial charge on any atom is 0.300 e. The van der Waals surface area contributed by atoms with E-state index in [0.717, 1.165) is 16.6 Å². The van der Waals surface area contributed by atoms with E-state index < -0.39 is 0 Å². The van der Waals surface area contributed by atoms with Crippen molar-refractivity contribution in [3.8, 4) is 11.4 Å². The van der Waals surface area contributed by atoms with Gasteiger partial charge in [-0.05, 0) is 25.1 Å². The lowest BCUT2D eigenvalue weighted by Crippen LogP contribution is -2.20. The molecule has 32 heavy (non-hydrogen) atoms. The predicted octanol–water partition coefficient (Wildman–Crippen LogP) is 3.65. The number of ether oxygens (including phenoxy) is 1. The van der Waals surface area contributed by atoms with Crippen molar-refractivity contribution in [1.82, 2.24) is 24.1 Å². The Morgan fingerprint density at radius 1 is 1.09 bits per heavy atom. The van der Waals surface area contributed by atoms with Gasteiger partial charge < -0.3 is 9.72 Å². The summed E-state index contributed by atoms with van der Waals surface area (Å²) in [5, 5.41) is 9.60. The number of benzene rings is 2. The molecule has 0 saturated carbocycles. The van der Waals surface area contributed by atoms with Crippen LogP contribution in [0.25, 0.3) is 22.2 Å². The minimum absolute atomic E-state index is 0.0101. The number of Topliss-reactive ketones (excluding diaryl/α,β-unsaturated/α-hetero) is 1. The quantitative estimate of drug-likeness (QED) is 0.317. The topological polar surface area (TPSA) is 94.3 Å². The number of rotatable bonds is 6. The van der Waals surface area contributed by atoms with Gasteiger partial charge in [0.1, 0.15) is 5.75 Å².